The fourth-order valence-electron chi connectivity index (χ4n) is 7.99. The average Bonchev–Trinajstić information content (AvgIpc) is 3.79. The standard InChI is InChI=1S/C37H56O15/c1-17-10-13-27(39)47-21(5)24(16-45-34-32(44-9)31(43-8)28(40)22(6)48-34)30-26(50-30)12-11-25(38)18(2)14-19(3)29(17)51-35-33(41)37(15-20(4)46-35)23(7)49-36(42)52-37/h10-13,17-24,26,28-35,40-41H,14-16H2,1-9H3/t17?,18?,19?,20?,21?,22?,23?,24?,26?,28?,29?,30?,31?,32?,33?,34?,35?,37-/m0/s1. The lowest BCUT2D eigenvalue weighted by atomic mass is 9.82. The van der Waals surface area contributed by atoms with Gasteiger partial charge in [0.05, 0.1) is 31.0 Å². The Bertz CT molecular complexity index is 1320. The number of fused-ring (bicyclic) bond motifs is 1. The second-order valence-electron chi connectivity index (χ2n) is 15.0. The number of aliphatic hydroxyl groups excluding tert-OH is 2. The number of rotatable bonds is 7. The minimum atomic E-state index is -1.36. The van der Waals surface area contributed by atoms with Crippen LogP contribution in [0.2, 0.25) is 0 Å². The Morgan fingerprint density at radius 1 is 0.827 bits per heavy atom. The summed E-state index contributed by atoms with van der Waals surface area (Å²) in [6, 6.07) is 0. The number of allylic oxidation sites excluding steroid dienone is 1. The van der Waals surface area contributed by atoms with E-state index in [0.29, 0.717) is 6.42 Å². The van der Waals surface area contributed by atoms with Gasteiger partial charge in [-0.15, -0.1) is 0 Å². The molecule has 18 atom stereocenters. The van der Waals surface area contributed by atoms with E-state index in [0.717, 1.165) is 0 Å². The number of aliphatic hydroxyl groups is 2. The number of carbonyl (C=O) groups excluding carboxylic acids is 3. The van der Waals surface area contributed by atoms with Gasteiger partial charge in [0.15, 0.2) is 24.0 Å². The van der Waals surface area contributed by atoms with Crippen molar-refractivity contribution in [2.75, 3.05) is 20.8 Å². The summed E-state index contributed by atoms with van der Waals surface area (Å²) in [5, 5.41) is 22.0. The van der Waals surface area contributed by atoms with Gasteiger partial charge in [0.1, 0.15) is 42.7 Å². The molecule has 0 aromatic heterocycles. The van der Waals surface area contributed by atoms with Gasteiger partial charge in [-0.1, -0.05) is 26.8 Å². The zero-order chi connectivity index (χ0) is 38.1. The van der Waals surface area contributed by atoms with Crippen LogP contribution in [0.1, 0.15) is 61.3 Å². The van der Waals surface area contributed by atoms with E-state index in [4.69, 9.17) is 47.4 Å². The molecule has 0 saturated carbocycles. The van der Waals surface area contributed by atoms with E-state index in [-0.39, 0.29) is 24.7 Å². The summed E-state index contributed by atoms with van der Waals surface area (Å²) in [6.45, 7) is 12.6. The molecule has 0 amide bonds. The summed E-state index contributed by atoms with van der Waals surface area (Å²) in [6.07, 6.45) is -3.65. The molecule has 5 heterocycles. The zero-order valence-electron chi connectivity index (χ0n) is 31.4. The molecule has 0 aromatic rings. The predicted octanol–water partition coefficient (Wildman–Crippen LogP) is 2.62. The third-order valence-corrected chi connectivity index (χ3v) is 11.2. The molecule has 0 aromatic carbocycles. The van der Waals surface area contributed by atoms with Crippen LogP contribution in [0.5, 0.6) is 0 Å². The van der Waals surface area contributed by atoms with E-state index in [1.54, 1.807) is 39.8 Å². The third-order valence-electron chi connectivity index (χ3n) is 11.2. The maximum absolute atomic E-state index is 13.4. The molecular formula is C37H56O15. The van der Waals surface area contributed by atoms with Gasteiger partial charge in [-0.2, -0.15) is 0 Å². The smallest absolute Gasteiger partial charge is 0.459 e. The Balaban J connectivity index is 1.34. The first-order valence-corrected chi connectivity index (χ1v) is 18.3. The fraction of sp³-hybridized carbons (Fsp3) is 0.811. The van der Waals surface area contributed by atoms with Gasteiger partial charge in [0, 0.05) is 44.5 Å². The molecule has 4 fully saturated rings. The molecule has 0 aliphatic carbocycles. The number of esters is 1. The largest absolute Gasteiger partial charge is 0.509 e. The summed E-state index contributed by atoms with van der Waals surface area (Å²) in [7, 11) is 2.96. The first kappa shape index (κ1) is 40.7. The molecule has 52 heavy (non-hydrogen) atoms. The van der Waals surface area contributed by atoms with Gasteiger partial charge in [-0.05, 0) is 52.2 Å². The van der Waals surface area contributed by atoms with Crippen molar-refractivity contribution in [1.82, 2.24) is 0 Å². The summed E-state index contributed by atoms with van der Waals surface area (Å²) in [4.78, 5) is 38.7. The van der Waals surface area contributed by atoms with E-state index in [9.17, 15) is 24.6 Å². The van der Waals surface area contributed by atoms with Crippen molar-refractivity contribution in [2.24, 2.45) is 23.7 Å². The van der Waals surface area contributed by atoms with Crippen molar-refractivity contribution in [3.05, 3.63) is 24.3 Å². The number of epoxide rings is 1. The van der Waals surface area contributed by atoms with Crippen LogP contribution in [0, 0.1) is 23.7 Å². The van der Waals surface area contributed by atoms with Crippen molar-refractivity contribution < 1.29 is 72.0 Å². The van der Waals surface area contributed by atoms with E-state index in [1.165, 1.54) is 26.4 Å². The van der Waals surface area contributed by atoms with Gasteiger partial charge in [0.25, 0.3) is 0 Å². The van der Waals surface area contributed by atoms with E-state index in [1.807, 2.05) is 20.8 Å². The van der Waals surface area contributed by atoms with Crippen molar-refractivity contribution >= 4 is 17.9 Å². The maximum atomic E-state index is 13.4. The first-order valence-electron chi connectivity index (χ1n) is 18.3. The lowest BCUT2D eigenvalue weighted by Crippen LogP contribution is -2.62. The summed E-state index contributed by atoms with van der Waals surface area (Å²) in [5.74, 6) is -2.20. The summed E-state index contributed by atoms with van der Waals surface area (Å²) >= 11 is 0. The van der Waals surface area contributed by atoms with Gasteiger partial charge in [-0.3, -0.25) is 4.79 Å². The highest BCUT2D eigenvalue weighted by Crippen LogP contribution is 2.42. The third kappa shape index (κ3) is 8.74. The molecule has 17 unspecified atom stereocenters. The average molecular weight is 741 g/mol. The molecule has 0 radical (unpaired) electrons. The SMILES string of the molecule is COC1C(OCC2C(C)OC(=O)C=CC(C)C(OC3OC(C)C[C@@]4(OC(=O)OC4C)C3O)C(C)CC(C)C(=O)C=CC3OC32)OC(C)C(O)C1OC. The highest BCUT2D eigenvalue weighted by molar-refractivity contribution is 5.91. The molecule has 5 aliphatic rings. The van der Waals surface area contributed by atoms with Crippen molar-refractivity contribution in [2.45, 2.75) is 147 Å². The molecule has 15 nitrogen and oxygen atoms in total. The van der Waals surface area contributed by atoms with Crippen LogP contribution in [-0.4, -0.2) is 134 Å². The van der Waals surface area contributed by atoms with Gasteiger partial charge >= 0.3 is 12.1 Å². The van der Waals surface area contributed by atoms with Crippen LogP contribution in [0.15, 0.2) is 24.3 Å². The van der Waals surface area contributed by atoms with Gasteiger partial charge in [-0.25, -0.2) is 9.59 Å². The molecule has 5 rings (SSSR count). The molecule has 2 N–H and O–H groups in total. The number of cyclic esters (lactones) is 2. The normalized spacial score (nSPS) is 47.4. The molecule has 4 saturated heterocycles. The highest BCUT2D eigenvalue weighted by Gasteiger charge is 2.61. The molecular weight excluding hydrogens is 684 g/mol. The van der Waals surface area contributed by atoms with E-state index >= 15 is 0 Å². The molecule has 294 valence electrons. The second-order valence-corrected chi connectivity index (χ2v) is 15.0. The Labute approximate surface area is 305 Å². The lowest BCUT2D eigenvalue weighted by Gasteiger charge is -2.46. The monoisotopic (exact) mass is 740 g/mol. The summed E-state index contributed by atoms with van der Waals surface area (Å²) in [5.41, 5.74) is -1.35. The Kier molecular flexibility index (Phi) is 13.2. The van der Waals surface area contributed by atoms with Crippen molar-refractivity contribution in [1.29, 1.82) is 0 Å². The minimum Gasteiger partial charge on any atom is -0.459 e. The van der Waals surface area contributed by atoms with Crippen LogP contribution in [0.3, 0.4) is 0 Å². The molecule has 1 spiro atoms. The topological polar surface area (TPSA) is 187 Å². The molecule has 0 bridgehead atoms. The molecule has 15 heteroatoms. The number of ketones is 1. The van der Waals surface area contributed by atoms with Crippen molar-refractivity contribution in [3.8, 4) is 0 Å². The van der Waals surface area contributed by atoms with Crippen molar-refractivity contribution in [3.63, 3.8) is 0 Å². The highest BCUT2D eigenvalue weighted by atomic mass is 16.8. The van der Waals surface area contributed by atoms with Crippen LogP contribution < -0.4 is 0 Å². The number of carbonyl (C=O) groups is 3. The van der Waals surface area contributed by atoms with E-state index < -0.39 is 115 Å². The lowest BCUT2D eigenvalue weighted by molar-refractivity contribution is -0.308. The quantitative estimate of drug-likeness (QED) is 0.286. The second kappa shape index (κ2) is 16.9. The predicted molar refractivity (Wildman–Crippen MR) is 181 cm³/mol. The Hall–Kier alpha value is -2.47. The number of hydrogen-bond donors (Lipinski definition) is 2. The molecule has 5 aliphatic heterocycles. The van der Waals surface area contributed by atoms with E-state index in [2.05, 4.69) is 0 Å². The fourth-order valence-corrected chi connectivity index (χ4v) is 7.99. The Morgan fingerprint density at radius 2 is 1.54 bits per heavy atom. The maximum Gasteiger partial charge on any atom is 0.509 e. The zero-order valence-corrected chi connectivity index (χ0v) is 31.4. The van der Waals surface area contributed by atoms with Gasteiger partial charge in [0.2, 0.25) is 0 Å². The first-order chi connectivity index (χ1) is 24.6. The number of methoxy groups -OCH3 is 2. The van der Waals surface area contributed by atoms with Gasteiger partial charge < -0.3 is 57.6 Å². The van der Waals surface area contributed by atoms with Crippen LogP contribution >= 0.6 is 0 Å². The Morgan fingerprint density at radius 3 is 2.19 bits per heavy atom. The number of hydrogen-bond acceptors (Lipinski definition) is 15. The van der Waals surface area contributed by atoms with Crippen LogP contribution in [0.4, 0.5) is 4.79 Å². The van der Waals surface area contributed by atoms with Crippen LogP contribution in [0.25, 0.3) is 0 Å². The number of ether oxygens (including phenoxy) is 10. The van der Waals surface area contributed by atoms with Crippen LogP contribution in [-0.2, 0) is 57.0 Å². The minimum absolute atomic E-state index is 0.0493. The summed E-state index contributed by atoms with van der Waals surface area (Å²) < 4.78 is 58.3.